The molecule has 2 aromatic rings. The Kier molecular flexibility index (Phi) is 5.03. The molecule has 21 heavy (non-hydrogen) atoms. The van der Waals surface area contributed by atoms with Crippen LogP contribution in [0.2, 0.25) is 0 Å². The highest BCUT2D eigenvalue weighted by atomic mass is 32.1. The summed E-state index contributed by atoms with van der Waals surface area (Å²) >= 11 is 1.43. The number of aromatic nitrogens is 2. The lowest BCUT2D eigenvalue weighted by atomic mass is 10.2. The third kappa shape index (κ3) is 3.86. The Balaban J connectivity index is 2.19. The maximum atomic E-state index is 12.6. The van der Waals surface area contributed by atoms with E-state index >= 15 is 0 Å². The summed E-state index contributed by atoms with van der Waals surface area (Å²) in [6, 6.07) is 3.76. The molecule has 0 aliphatic rings. The summed E-state index contributed by atoms with van der Waals surface area (Å²) in [5.41, 5.74) is 7.27. The number of hydrogen-bond donors (Lipinski definition) is 1. The van der Waals surface area contributed by atoms with Crippen molar-refractivity contribution in [3.8, 4) is 0 Å². The highest BCUT2D eigenvalue weighted by molar-refractivity contribution is 7.09. The molecule has 0 spiro atoms. The van der Waals surface area contributed by atoms with E-state index in [9.17, 15) is 4.79 Å². The highest BCUT2D eigenvalue weighted by Gasteiger charge is 2.22. The standard InChI is InChI=1S/C15H20N4OS/c1-10(2)19(8-12-5-4-6-17-7-12)15(20)13-9-21-14(18-13)11(3)16/h4-7,9-11H,8,16H2,1-3H3. The second kappa shape index (κ2) is 6.78. The fraction of sp³-hybridized carbons (Fsp3) is 0.400. The number of rotatable bonds is 5. The van der Waals surface area contributed by atoms with Gasteiger partial charge in [0.1, 0.15) is 10.7 Å². The summed E-state index contributed by atoms with van der Waals surface area (Å²) in [6.07, 6.45) is 3.50. The Morgan fingerprint density at radius 3 is 2.71 bits per heavy atom. The molecule has 0 saturated heterocycles. The van der Waals surface area contributed by atoms with Gasteiger partial charge in [0.05, 0.1) is 6.04 Å². The normalized spacial score (nSPS) is 12.4. The molecule has 112 valence electrons. The second-order valence-electron chi connectivity index (χ2n) is 5.25. The number of nitrogens with zero attached hydrogens (tertiary/aromatic N) is 3. The molecule has 2 heterocycles. The first-order chi connectivity index (χ1) is 9.99. The van der Waals surface area contributed by atoms with Gasteiger partial charge in [-0.3, -0.25) is 9.78 Å². The molecular formula is C15H20N4OS. The second-order valence-corrected chi connectivity index (χ2v) is 6.14. The Labute approximate surface area is 128 Å². The molecule has 1 atom stereocenters. The zero-order chi connectivity index (χ0) is 15.4. The van der Waals surface area contributed by atoms with Crippen molar-refractivity contribution in [2.75, 3.05) is 0 Å². The molecule has 0 saturated carbocycles. The van der Waals surface area contributed by atoms with Gasteiger partial charge < -0.3 is 10.6 Å². The van der Waals surface area contributed by atoms with Crippen LogP contribution < -0.4 is 5.73 Å². The van der Waals surface area contributed by atoms with E-state index in [1.165, 1.54) is 11.3 Å². The van der Waals surface area contributed by atoms with Crippen molar-refractivity contribution in [2.45, 2.75) is 39.4 Å². The Bertz CT molecular complexity index is 595. The van der Waals surface area contributed by atoms with Gasteiger partial charge in [-0.2, -0.15) is 0 Å². The molecule has 0 radical (unpaired) electrons. The van der Waals surface area contributed by atoms with E-state index in [0.29, 0.717) is 12.2 Å². The van der Waals surface area contributed by atoms with Crippen molar-refractivity contribution in [1.82, 2.24) is 14.9 Å². The van der Waals surface area contributed by atoms with Gasteiger partial charge >= 0.3 is 0 Å². The van der Waals surface area contributed by atoms with Crippen molar-refractivity contribution in [3.63, 3.8) is 0 Å². The van der Waals surface area contributed by atoms with Crippen molar-refractivity contribution in [1.29, 1.82) is 0 Å². The van der Waals surface area contributed by atoms with E-state index in [1.54, 1.807) is 22.7 Å². The first-order valence-corrected chi connectivity index (χ1v) is 7.78. The monoisotopic (exact) mass is 304 g/mol. The van der Waals surface area contributed by atoms with Gasteiger partial charge in [-0.15, -0.1) is 11.3 Å². The van der Waals surface area contributed by atoms with Gasteiger partial charge in [-0.05, 0) is 32.4 Å². The van der Waals surface area contributed by atoms with Gasteiger partial charge in [-0.1, -0.05) is 6.07 Å². The van der Waals surface area contributed by atoms with E-state index < -0.39 is 0 Å². The number of carbonyl (C=O) groups excluding carboxylic acids is 1. The minimum atomic E-state index is -0.151. The lowest BCUT2D eigenvalue weighted by molar-refractivity contribution is 0.0684. The molecular weight excluding hydrogens is 284 g/mol. The van der Waals surface area contributed by atoms with E-state index in [-0.39, 0.29) is 18.0 Å². The minimum absolute atomic E-state index is 0.0722. The van der Waals surface area contributed by atoms with Crippen LogP contribution in [0.3, 0.4) is 0 Å². The van der Waals surface area contributed by atoms with Crippen molar-refractivity contribution < 1.29 is 4.79 Å². The van der Waals surface area contributed by atoms with Gasteiger partial charge in [0.25, 0.3) is 5.91 Å². The molecule has 5 nitrogen and oxygen atoms in total. The summed E-state index contributed by atoms with van der Waals surface area (Å²) in [5.74, 6) is -0.0722. The van der Waals surface area contributed by atoms with Crippen LogP contribution in [-0.4, -0.2) is 26.8 Å². The molecule has 2 rings (SSSR count). The summed E-state index contributed by atoms with van der Waals surface area (Å²) in [4.78, 5) is 22.9. The molecule has 0 aliphatic heterocycles. The van der Waals surface area contributed by atoms with E-state index in [2.05, 4.69) is 9.97 Å². The number of pyridine rings is 1. The fourth-order valence-electron chi connectivity index (χ4n) is 1.92. The molecule has 1 amide bonds. The average molecular weight is 304 g/mol. The van der Waals surface area contributed by atoms with Gasteiger partial charge in [0, 0.05) is 30.4 Å². The van der Waals surface area contributed by atoms with Gasteiger partial charge in [0.2, 0.25) is 0 Å². The zero-order valence-corrected chi connectivity index (χ0v) is 13.3. The van der Waals surface area contributed by atoms with Crippen molar-refractivity contribution in [3.05, 3.63) is 46.2 Å². The number of amides is 1. The van der Waals surface area contributed by atoms with Crippen LogP contribution in [0, 0.1) is 0 Å². The molecule has 0 aromatic carbocycles. The predicted octanol–water partition coefficient (Wildman–Crippen LogP) is 2.61. The SMILES string of the molecule is CC(N)c1nc(C(=O)N(Cc2cccnc2)C(C)C)cs1. The minimum Gasteiger partial charge on any atom is -0.330 e. The lowest BCUT2D eigenvalue weighted by Crippen LogP contribution is -2.36. The number of hydrogen-bond acceptors (Lipinski definition) is 5. The molecule has 0 fully saturated rings. The quantitative estimate of drug-likeness (QED) is 0.921. The smallest absolute Gasteiger partial charge is 0.273 e. The molecule has 0 bridgehead atoms. The lowest BCUT2D eigenvalue weighted by Gasteiger charge is -2.26. The van der Waals surface area contributed by atoms with Gasteiger partial charge in [0.15, 0.2) is 0 Å². The number of carbonyl (C=O) groups is 1. The highest BCUT2D eigenvalue weighted by Crippen LogP contribution is 2.19. The largest absolute Gasteiger partial charge is 0.330 e. The summed E-state index contributed by atoms with van der Waals surface area (Å²) < 4.78 is 0. The molecule has 1 unspecified atom stereocenters. The van der Waals surface area contributed by atoms with E-state index in [0.717, 1.165) is 10.6 Å². The van der Waals surface area contributed by atoms with Crippen LogP contribution >= 0.6 is 11.3 Å². The van der Waals surface area contributed by atoms with Crippen molar-refractivity contribution >= 4 is 17.2 Å². The summed E-state index contributed by atoms with van der Waals surface area (Å²) in [6.45, 7) is 6.37. The fourth-order valence-corrected chi connectivity index (χ4v) is 2.67. The maximum absolute atomic E-state index is 12.6. The van der Waals surface area contributed by atoms with Crippen LogP contribution in [0.25, 0.3) is 0 Å². The number of thiazole rings is 1. The maximum Gasteiger partial charge on any atom is 0.273 e. The van der Waals surface area contributed by atoms with Crippen LogP contribution in [0.5, 0.6) is 0 Å². The van der Waals surface area contributed by atoms with Crippen LogP contribution in [0.15, 0.2) is 29.9 Å². The zero-order valence-electron chi connectivity index (χ0n) is 12.5. The molecule has 0 aliphatic carbocycles. The van der Waals surface area contributed by atoms with Crippen molar-refractivity contribution in [2.24, 2.45) is 5.73 Å². The third-order valence-electron chi connectivity index (χ3n) is 3.09. The van der Waals surface area contributed by atoms with Gasteiger partial charge in [-0.25, -0.2) is 4.98 Å². The first-order valence-electron chi connectivity index (χ1n) is 6.90. The third-order valence-corrected chi connectivity index (χ3v) is 4.14. The average Bonchev–Trinajstić information content (AvgIpc) is 2.95. The van der Waals surface area contributed by atoms with Crippen LogP contribution in [0.4, 0.5) is 0 Å². The number of nitrogens with two attached hydrogens (primary N) is 1. The summed E-state index contributed by atoms with van der Waals surface area (Å²) in [7, 11) is 0. The van der Waals surface area contributed by atoms with Crippen LogP contribution in [0.1, 0.15) is 47.9 Å². The Hall–Kier alpha value is -1.79. The predicted molar refractivity (Wildman–Crippen MR) is 84.0 cm³/mol. The molecule has 6 heteroatoms. The Morgan fingerprint density at radius 1 is 1.43 bits per heavy atom. The molecule has 2 aromatic heterocycles. The topological polar surface area (TPSA) is 72.1 Å². The first kappa shape index (κ1) is 15.6. The molecule has 2 N–H and O–H groups in total. The van der Waals surface area contributed by atoms with Crippen LogP contribution in [-0.2, 0) is 6.54 Å². The summed E-state index contributed by atoms with van der Waals surface area (Å²) in [5, 5.41) is 2.56. The van der Waals surface area contributed by atoms with E-state index in [4.69, 9.17) is 5.73 Å². The van der Waals surface area contributed by atoms with E-state index in [1.807, 2.05) is 32.9 Å². The Morgan fingerprint density at radius 2 is 2.19 bits per heavy atom.